The third-order valence-corrected chi connectivity index (χ3v) is 4.96. The summed E-state index contributed by atoms with van der Waals surface area (Å²) in [6, 6.07) is 11.1. The molecule has 3 aromatic rings. The van der Waals surface area contributed by atoms with Crippen LogP contribution in [0.25, 0.3) is 11.4 Å². The van der Waals surface area contributed by atoms with E-state index in [1.165, 1.54) is 11.8 Å². The molecule has 25 heavy (non-hydrogen) atoms. The molecule has 2 heterocycles. The molecule has 0 bridgehead atoms. The van der Waals surface area contributed by atoms with E-state index in [2.05, 4.69) is 37.7 Å². The molecule has 1 aromatic carbocycles. The highest BCUT2D eigenvalue weighted by Gasteiger charge is 2.15. The first-order chi connectivity index (χ1) is 12.2. The van der Waals surface area contributed by atoms with Crippen LogP contribution < -0.4 is 0 Å². The van der Waals surface area contributed by atoms with Gasteiger partial charge >= 0.3 is 0 Å². The van der Waals surface area contributed by atoms with Crippen LogP contribution >= 0.6 is 27.7 Å². The van der Waals surface area contributed by atoms with Crippen molar-refractivity contribution in [3.8, 4) is 11.4 Å². The maximum Gasteiger partial charge on any atom is 0.192 e. The number of thioether (sulfide) groups is 1. The number of benzene rings is 1. The Balaban J connectivity index is 1.78. The molecule has 126 valence electrons. The zero-order valence-electron chi connectivity index (χ0n) is 13.3. The highest BCUT2D eigenvalue weighted by Crippen LogP contribution is 2.24. The van der Waals surface area contributed by atoms with Crippen LogP contribution in [0.5, 0.6) is 0 Å². The van der Waals surface area contributed by atoms with E-state index in [9.17, 15) is 4.79 Å². The molecular formula is C18H15BrN4OS. The number of hydrogen-bond acceptors (Lipinski definition) is 5. The molecular weight excluding hydrogens is 400 g/mol. The third-order valence-electron chi connectivity index (χ3n) is 3.47. The second-order valence-electron chi connectivity index (χ2n) is 5.16. The fourth-order valence-electron chi connectivity index (χ4n) is 2.25. The minimum atomic E-state index is 0.0520. The molecule has 0 aliphatic heterocycles. The fourth-order valence-corrected chi connectivity index (χ4v) is 3.36. The minimum absolute atomic E-state index is 0.0520. The van der Waals surface area contributed by atoms with E-state index in [1.807, 2.05) is 41.0 Å². The van der Waals surface area contributed by atoms with Gasteiger partial charge in [0.25, 0.3) is 0 Å². The summed E-state index contributed by atoms with van der Waals surface area (Å²) in [5.74, 6) is 1.09. The Morgan fingerprint density at radius 2 is 1.88 bits per heavy atom. The predicted octanol–water partition coefficient (Wildman–Crippen LogP) is 4.26. The van der Waals surface area contributed by atoms with Crippen LogP contribution in [0, 0.1) is 0 Å². The molecule has 0 saturated carbocycles. The largest absolute Gasteiger partial charge is 0.298 e. The first kappa shape index (κ1) is 17.6. The lowest BCUT2D eigenvalue weighted by Crippen LogP contribution is -2.05. The zero-order valence-corrected chi connectivity index (χ0v) is 15.7. The summed E-state index contributed by atoms with van der Waals surface area (Å²) in [6.07, 6.45) is 5.22. The number of aromatic nitrogens is 4. The van der Waals surface area contributed by atoms with Crippen molar-refractivity contribution in [2.24, 2.45) is 0 Å². The highest BCUT2D eigenvalue weighted by atomic mass is 79.9. The summed E-state index contributed by atoms with van der Waals surface area (Å²) in [5, 5.41) is 9.20. The van der Waals surface area contributed by atoms with Gasteiger partial charge in [-0.05, 0) is 24.3 Å². The van der Waals surface area contributed by atoms with Gasteiger partial charge in [0.15, 0.2) is 16.8 Å². The van der Waals surface area contributed by atoms with Gasteiger partial charge in [0.1, 0.15) is 0 Å². The normalized spacial score (nSPS) is 10.6. The van der Waals surface area contributed by atoms with Crippen LogP contribution in [0.15, 0.2) is 71.1 Å². The van der Waals surface area contributed by atoms with Crippen molar-refractivity contribution in [2.75, 3.05) is 5.75 Å². The van der Waals surface area contributed by atoms with Crippen LogP contribution in [0.2, 0.25) is 0 Å². The number of nitrogens with zero attached hydrogens (tertiary/aromatic N) is 4. The number of halogens is 1. The fraction of sp³-hybridized carbons (Fsp3) is 0.111. The molecule has 0 aliphatic carbocycles. The van der Waals surface area contributed by atoms with Crippen LogP contribution in [-0.4, -0.2) is 31.3 Å². The van der Waals surface area contributed by atoms with Crippen molar-refractivity contribution in [3.05, 3.63) is 71.5 Å². The Morgan fingerprint density at radius 1 is 1.16 bits per heavy atom. The van der Waals surface area contributed by atoms with Gasteiger partial charge in [0.05, 0.1) is 5.75 Å². The number of Topliss-reactive ketones (excluding diaryl/α,β-unsaturated/α-hetero) is 1. The SMILES string of the molecule is C=CCn1c(SCC(=O)c2ccc(Br)cc2)nnc1-c1ccncc1. The molecule has 0 atom stereocenters. The van der Waals surface area contributed by atoms with Gasteiger partial charge < -0.3 is 0 Å². The van der Waals surface area contributed by atoms with E-state index in [0.29, 0.717) is 23.0 Å². The van der Waals surface area contributed by atoms with E-state index in [1.54, 1.807) is 18.5 Å². The second-order valence-corrected chi connectivity index (χ2v) is 7.02. The summed E-state index contributed by atoms with van der Waals surface area (Å²) >= 11 is 4.74. The molecule has 5 nitrogen and oxygen atoms in total. The molecule has 0 spiro atoms. The van der Waals surface area contributed by atoms with Crippen molar-refractivity contribution < 1.29 is 4.79 Å². The van der Waals surface area contributed by atoms with E-state index in [0.717, 1.165) is 15.9 Å². The lowest BCUT2D eigenvalue weighted by molar-refractivity contribution is 0.102. The Labute approximate surface area is 158 Å². The van der Waals surface area contributed by atoms with E-state index >= 15 is 0 Å². The third kappa shape index (κ3) is 4.24. The maximum absolute atomic E-state index is 12.4. The summed E-state index contributed by atoms with van der Waals surface area (Å²) in [6.45, 7) is 4.36. The number of carbonyl (C=O) groups is 1. The second kappa shape index (κ2) is 8.22. The highest BCUT2D eigenvalue weighted by molar-refractivity contribution is 9.10. The van der Waals surface area contributed by atoms with Crippen LogP contribution in [0.4, 0.5) is 0 Å². The molecule has 0 aliphatic rings. The number of carbonyl (C=O) groups excluding carboxylic acids is 1. The van der Waals surface area contributed by atoms with Crippen molar-refractivity contribution in [3.63, 3.8) is 0 Å². The smallest absolute Gasteiger partial charge is 0.192 e. The molecule has 0 saturated heterocycles. The number of hydrogen-bond donors (Lipinski definition) is 0. The first-order valence-electron chi connectivity index (χ1n) is 7.55. The molecule has 0 amide bonds. The van der Waals surface area contributed by atoms with Crippen molar-refractivity contribution >= 4 is 33.5 Å². The zero-order chi connectivity index (χ0) is 17.6. The maximum atomic E-state index is 12.4. The Hall–Kier alpha value is -2.25. The van der Waals surface area contributed by atoms with E-state index in [-0.39, 0.29) is 5.78 Å². The van der Waals surface area contributed by atoms with Gasteiger partial charge in [-0.25, -0.2) is 0 Å². The summed E-state index contributed by atoms with van der Waals surface area (Å²) in [4.78, 5) is 16.4. The Morgan fingerprint density at radius 3 is 2.56 bits per heavy atom. The summed E-state index contributed by atoms with van der Waals surface area (Å²) in [7, 11) is 0. The van der Waals surface area contributed by atoms with E-state index < -0.39 is 0 Å². The molecule has 0 N–H and O–H groups in total. The van der Waals surface area contributed by atoms with Gasteiger partial charge in [-0.3, -0.25) is 14.3 Å². The number of rotatable bonds is 7. The lowest BCUT2D eigenvalue weighted by Gasteiger charge is -2.07. The van der Waals surface area contributed by atoms with Crippen LogP contribution in [0.3, 0.4) is 0 Å². The van der Waals surface area contributed by atoms with E-state index in [4.69, 9.17) is 0 Å². The number of pyridine rings is 1. The molecule has 2 aromatic heterocycles. The number of allylic oxidation sites excluding steroid dienone is 1. The van der Waals surface area contributed by atoms with Gasteiger partial charge in [-0.15, -0.1) is 16.8 Å². The Kier molecular flexibility index (Phi) is 5.78. The minimum Gasteiger partial charge on any atom is -0.298 e. The predicted molar refractivity (Wildman–Crippen MR) is 103 cm³/mol. The molecule has 3 rings (SSSR count). The van der Waals surface area contributed by atoms with Crippen molar-refractivity contribution in [1.82, 2.24) is 19.7 Å². The van der Waals surface area contributed by atoms with Crippen LogP contribution in [0.1, 0.15) is 10.4 Å². The number of ketones is 1. The van der Waals surface area contributed by atoms with Crippen molar-refractivity contribution in [1.29, 1.82) is 0 Å². The standard InChI is InChI=1S/C18H15BrN4OS/c1-2-11-23-17(14-7-9-20-10-8-14)21-22-18(23)25-12-16(24)13-3-5-15(19)6-4-13/h2-10H,1,11-12H2. The Bertz CT molecular complexity index is 878. The molecule has 0 fully saturated rings. The first-order valence-corrected chi connectivity index (χ1v) is 9.33. The lowest BCUT2D eigenvalue weighted by atomic mass is 10.2. The average molecular weight is 415 g/mol. The van der Waals surface area contributed by atoms with Gasteiger partial charge in [-0.1, -0.05) is 45.9 Å². The topological polar surface area (TPSA) is 60.7 Å². The van der Waals surface area contributed by atoms with Crippen molar-refractivity contribution in [2.45, 2.75) is 11.7 Å². The molecule has 7 heteroatoms. The van der Waals surface area contributed by atoms with Crippen LogP contribution in [-0.2, 0) is 6.54 Å². The molecule has 0 radical (unpaired) electrons. The van der Waals surface area contributed by atoms with Gasteiger partial charge in [0.2, 0.25) is 0 Å². The quantitative estimate of drug-likeness (QED) is 0.328. The summed E-state index contributed by atoms with van der Waals surface area (Å²) in [5.41, 5.74) is 1.61. The summed E-state index contributed by atoms with van der Waals surface area (Å²) < 4.78 is 2.89. The van der Waals surface area contributed by atoms with Gasteiger partial charge in [0, 0.05) is 34.5 Å². The van der Waals surface area contributed by atoms with Gasteiger partial charge in [-0.2, -0.15) is 0 Å². The average Bonchev–Trinajstić information content (AvgIpc) is 3.04. The monoisotopic (exact) mass is 414 g/mol. The molecule has 0 unspecified atom stereocenters.